The molecular formula is C37H33F6N3O2. The third kappa shape index (κ3) is 6.50. The summed E-state index contributed by atoms with van der Waals surface area (Å²) in [5.41, 5.74) is 0.170. The van der Waals surface area contributed by atoms with Crippen LogP contribution in [-0.2, 0) is 17.4 Å². The van der Waals surface area contributed by atoms with Crippen molar-refractivity contribution in [3.8, 4) is 0 Å². The van der Waals surface area contributed by atoms with Crippen molar-refractivity contribution < 1.29 is 35.9 Å². The number of nitrogens with one attached hydrogen (secondary N) is 2. The van der Waals surface area contributed by atoms with Crippen LogP contribution >= 0.6 is 0 Å². The molecule has 2 aliphatic rings. The largest absolute Gasteiger partial charge is 0.416 e. The average Bonchev–Trinajstić information content (AvgIpc) is 3.54. The lowest BCUT2D eigenvalue weighted by Gasteiger charge is -2.42. The van der Waals surface area contributed by atoms with Gasteiger partial charge in [0, 0.05) is 23.5 Å². The fourth-order valence-corrected chi connectivity index (χ4v) is 6.84. The van der Waals surface area contributed by atoms with E-state index in [1.54, 1.807) is 24.3 Å². The number of amides is 2. The number of hydrogen-bond donors (Lipinski definition) is 2. The molecule has 1 unspecified atom stereocenters. The van der Waals surface area contributed by atoms with Crippen LogP contribution in [0.2, 0.25) is 0 Å². The van der Waals surface area contributed by atoms with Crippen molar-refractivity contribution in [1.82, 2.24) is 0 Å². The molecule has 2 N–H and O–H groups in total. The zero-order valence-electron chi connectivity index (χ0n) is 26.2. The maximum absolute atomic E-state index is 15.3. The van der Waals surface area contributed by atoms with Crippen LogP contribution < -0.4 is 15.5 Å². The molecular weight excluding hydrogens is 632 g/mol. The minimum absolute atomic E-state index is 0.0363. The van der Waals surface area contributed by atoms with E-state index in [1.807, 2.05) is 0 Å². The smallest absolute Gasteiger partial charge is 0.382 e. The Morgan fingerprint density at radius 1 is 0.792 bits per heavy atom. The summed E-state index contributed by atoms with van der Waals surface area (Å²) in [5, 5.41) is 6.03. The van der Waals surface area contributed by atoms with Crippen molar-refractivity contribution in [3.05, 3.63) is 124 Å². The van der Waals surface area contributed by atoms with Gasteiger partial charge in [0.1, 0.15) is 5.82 Å². The number of carbonyl (C=O) groups is 2. The predicted octanol–water partition coefficient (Wildman–Crippen LogP) is 9.29. The highest BCUT2D eigenvalue weighted by Gasteiger charge is 2.44. The monoisotopic (exact) mass is 665 g/mol. The molecule has 5 nitrogen and oxygen atoms in total. The summed E-state index contributed by atoms with van der Waals surface area (Å²) in [6, 6.07) is 15.3. The summed E-state index contributed by atoms with van der Waals surface area (Å²) >= 11 is 0. The van der Waals surface area contributed by atoms with Crippen molar-refractivity contribution in [2.24, 2.45) is 5.92 Å². The van der Waals surface area contributed by atoms with E-state index in [0.717, 1.165) is 60.5 Å². The second kappa shape index (κ2) is 13.0. The van der Waals surface area contributed by atoms with E-state index in [2.05, 4.69) is 10.6 Å². The number of benzene rings is 4. The highest BCUT2D eigenvalue weighted by Crippen LogP contribution is 2.45. The highest BCUT2D eigenvalue weighted by atomic mass is 19.4. The average molecular weight is 666 g/mol. The van der Waals surface area contributed by atoms with Crippen LogP contribution in [0.15, 0.2) is 72.8 Å². The Bertz CT molecular complexity index is 1850. The number of rotatable bonds is 6. The quantitative estimate of drug-likeness (QED) is 0.202. The van der Waals surface area contributed by atoms with E-state index in [4.69, 9.17) is 0 Å². The maximum atomic E-state index is 15.3. The molecule has 1 heterocycles. The van der Waals surface area contributed by atoms with E-state index in [-0.39, 0.29) is 40.0 Å². The van der Waals surface area contributed by atoms with Gasteiger partial charge >= 0.3 is 6.18 Å². The summed E-state index contributed by atoms with van der Waals surface area (Å²) in [6.45, 7) is 2.83. The molecule has 4 aromatic carbocycles. The van der Waals surface area contributed by atoms with Crippen LogP contribution in [0, 0.1) is 37.2 Å². The number of halogens is 6. The predicted molar refractivity (Wildman–Crippen MR) is 171 cm³/mol. The standard InChI is InChI=1S/C37H33F6N3O2/c1-20-10-13-26(18-28(20)37(41,42)43)45-35(47)27-16-23-17-30(39)31(40)19-32(23)46(36(48)33-21(2)6-5-9-29(33)38)34(27)22-11-14-25(15-12-22)44-24-7-3-4-8-24/h5-6,9-15,17-19,24,27,34,44H,3-4,7-8,16H2,1-2H3,(H,45,47)/t27?,34-/m0/s1. The zero-order valence-corrected chi connectivity index (χ0v) is 26.2. The minimum atomic E-state index is -4.67. The van der Waals surface area contributed by atoms with Gasteiger partial charge in [0.25, 0.3) is 5.91 Å². The molecule has 0 aromatic heterocycles. The first-order valence-corrected chi connectivity index (χ1v) is 15.7. The molecule has 11 heteroatoms. The molecule has 1 aliphatic heterocycles. The Morgan fingerprint density at radius 2 is 1.46 bits per heavy atom. The molecule has 48 heavy (non-hydrogen) atoms. The molecule has 0 spiro atoms. The van der Waals surface area contributed by atoms with Crippen LogP contribution in [0.4, 0.5) is 43.4 Å². The van der Waals surface area contributed by atoms with Gasteiger partial charge in [0.2, 0.25) is 5.91 Å². The molecule has 0 radical (unpaired) electrons. The summed E-state index contributed by atoms with van der Waals surface area (Å²) in [7, 11) is 0. The minimum Gasteiger partial charge on any atom is -0.382 e. The van der Waals surface area contributed by atoms with Crippen LogP contribution in [0.1, 0.15) is 69.9 Å². The first kappa shape index (κ1) is 33.1. The zero-order chi connectivity index (χ0) is 34.3. The summed E-state index contributed by atoms with van der Waals surface area (Å²) in [5.74, 6) is -6.15. The van der Waals surface area contributed by atoms with Gasteiger partial charge < -0.3 is 10.6 Å². The van der Waals surface area contributed by atoms with Crippen molar-refractivity contribution in [1.29, 1.82) is 0 Å². The number of anilines is 3. The lowest BCUT2D eigenvalue weighted by atomic mass is 9.80. The molecule has 2 atom stereocenters. The first-order chi connectivity index (χ1) is 22.8. The molecule has 250 valence electrons. The molecule has 1 aliphatic carbocycles. The number of hydrogen-bond acceptors (Lipinski definition) is 3. The molecule has 0 saturated heterocycles. The molecule has 0 bridgehead atoms. The molecule has 1 saturated carbocycles. The van der Waals surface area contributed by atoms with Gasteiger partial charge in [-0.2, -0.15) is 13.2 Å². The summed E-state index contributed by atoms with van der Waals surface area (Å²) in [4.78, 5) is 29.6. The Morgan fingerprint density at radius 3 is 2.12 bits per heavy atom. The van der Waals surface area contributed by atoms with Crippen LogP contribution in [0.5, 0.6) is 0 Å². The van der Waals surface area contributed by atoms with Gasteiger partial charge in [-0.15, -0.1) is 0 Å². The van der Waals surface area contributed by atoms with E-state index in [1.165, 1.54) is 38.1 Å². The number of fused-ring (bicyclic) bond motifs is 1. The van der Waals surface area contributed by atoms with Crippen molar-refractivity contribution in [2.45, 2.75) is 64.2 Å². The second-order valence-electron chi connectivity index (χ2n) is 12.5. The van der Waals surface area contributed by atoms with Gasteiger partial charge in [0.05, 0.1) is 28.8 Å². The Hall–Kier alpha value is -4.80. The van der Waals surface area contributed by atoms with Gasteiger partial charge in [-0.25, -0.2) is 13.2 Å². The fourth-order valence-electron chi connectivity index (χ4n) is 6.84. The van der Waals surface area contributed by atoms with E-state index in [9.17, 15) is 31.5 Å². The van der Waals surface area contributed by atoms with E-state index < -0.39 is 53.0 Å². The number of aryl methyl sites for hydroxylation is 2. The summed E-state index contributed by atoms with van der Waals surface area (Å²) < 4.78 is 85.9. The summed E-state index contributed by atoms with van der Waals surface area (Å²) in [6.07, 6.45) is -0.598. The van der Waals surface area contributed by atoms with Gasteiger partial charge in [0.15, 0.2) is 11.6 Å². The molecule has 1 fully saturated rings. The lowest BCUT2D eigenvalue weighted by Crippen LogP contribution is -2.47. The van der Waals surface area contributed by atoms with Crippen LogP contribution in [-0.4, -0.2) is 17.9 Å². The van der Waals surface area contributed by atoms with Crippen LogP contribution in [0.25, 0.3) is 0 Å². The van der Waals surface area contributed by atoms with E-state index >= 15 is 4.39 Å². The maximum Gasteiger partial charge on any atom is 0.416 e. The third-order valence-electron chi connectivity index (χ3n) is 9.26. The lowest BCUT2D eigenvalue weighted by molar-refractivity contribution is -0.138. The Labute approximate surface area is 274 Å². The Kier molecular flexibility index (Phi) is 8.98. The fraction of sp³-hybridized carbons (Fsp3) is 0.297. The number of carbonyl (C=O) groups excluding carboxylic acids is 2. The van der Waals surface area contributed by atoms with Crippen molar-refractivity contribution in [2.75, 3.05) is 15.5 Å². The number of nitrogens with zero attached hydrogens (tertiary/aromatic N) is 1. The van der Waals surface area contributed by atoms with Gasteiger partial charge in [-0.1, -0.05) is 43.2 Å². The van der Waals surface area contributed by atoms with Gasteiger partial charge in [-0.3, -0.25) is 14.5 Å². The third-order valence-corrected chi connectivity index (χ3v) is 9.26. The normalized spacial score (nSPS) is 18.0. The topological polar surface area (TPSA) is 61.4 Å². The molecule has 6 rings (SSSR count). The highest BCUT2D eigenvalue weighted by molar-refractivity contribution is 6.09. The van der Waals surface area contributed by atoms with Crippen LogP contribution in [0.3, 0.4) is 0 Å². The Balaban J connectivity index is 1.48. The molecule has 4 aromatic rings. The van der Waals surface area contributed by atoms with E-state index in [0.29, 0.717) is 11.6 Å². The molecule has 2 amide bonds. The SMILES string of the molecule is Cc1ccc(NC(=O)C2Cc3cc(F)c(F)cc3N(C(=O)c3c(C)cccc3F)[C@H]2c2ccc(NC3CCCC3)cc2)cc1C(F)(F)F. The second-order valence-corrected chi connectivity index (χ2v) is 12.5. The van der Waals surface area contributed by atoms with Crippen molar-refractivity contribution in [3.63, 3.8) is 0 Å². The first-order valence-electron chi connectivity index (χ1n) is 15.7. The van der Waals surface area contributed by atoms with Gasteiger partial charge in [-0.05, 0) is 91.8 Å². The number of alkyl halides is 3. The van der Waals surface area contributed by atoms with Crippen molar-refractivity contribution >= 4 is 28.9 Å².